The summed E-state index contributed by atoms with van der Waals surface area (Å²) in [7, 11) is 0. The number of hydrogen-bond donors (Lipinski definition) is 3. The quantitative estimate of drug-likeness (QED) is 0.612. The largest absolute Gasteiger partial charge is 0.365 e. The van der Waals surface area contributed by atoms with Gasteiger partial charge in [0.1, 0.15) is 11.5 Å². The van der Waals surface area contributed by atoms with Gasteiger partial charge in [-0.1, -0.05) is 29.8 Å². The minimum Gasteiger partial charge on any atom is -0.365 e. The van der Waals surface area contributed by atoms with Crippen molar-refractivity contribution in [2.75, 3.05) is 16.0 Å². The van der Waals surface area contributed by atoms with Crippen molar-refractivity contribution >= 4 is 29.0 Å². The molecule has 3 aromatic rings. The van der Waals surface area contributed by atoms with E-state index in [2.05, 4.69) is 32.0 Å². The summed E-state index contributed by atoms with van der Waals surface area (Å²) in [5, 5.41) is 8.60. The Morgan fingerprint density at radius 3 is 2.25 bits per heavy atom. The highest BCUT2D eigenvalue weighted by Gasteiger charge is 2.09. The molecule has 7 heteroatoms. The molecule has 142 valence electrons. The second kappa shape index (κ2) is 8.77. The van der Waals surface area contributed by atoms with Gasteiger partial charge in [-0.05, 0) is 36.8 Å². The number of amides is 2. The molecule has 0 aliphatic heterocycles. The van der Waals surface area contributed by atoms with Gasteiger partial charge in [0.2, 0.25) is 5.91 Å². The highest BCUT2D eigenvalue weighted by molar-refractivity contribution is 6.02. The molecule has 0 bridgehead atoms. The molecule has 0 aliphatic carbocycles. The lowest BCUT2D eigenvalue weighted by Gasteiger charge is -2.08. The first-order valence-corrected chi connectivity index (χ1v) is 8.80. The van der Waals surface area contributed by atoms with Crippen LogP contribution < -0.4 is 16.0 Å². The maximum atomic E-state index is 12.3. The summed E-state index contributed by atoms with van der Waals surface area (Å²) in [4.78, 5) is 31.7. The second-order valence-corrected chi connectivity index (χ2v) is 6.34. The van der Waals surface area contributed by atoms with Crippen LogP contribution in [0.2, 0.25) is 0 Å². The first-order valence-electron chi connectivity index (χ1n) is 8.80. The third-order valence-corrected chi connectivity index (χ3v) is 3.90. The van der Waals surface area contributed by atoms with Gasteiger partial charge in [-0.25, -0.2) is 9.97 Å². The molecule has 3 rings (SSSR count). The van der Waals surface area contributed by atoms with Crippen LogP contribution in [-0.2, 0) is 11.3 Å². The summed E-state index contributed by atoms with van der Waals surface area (Å²) in [5.41, 5.74) is 3.82. The summed E-state index contributed by atoms with van der Waals surface area (Å²) >= 11 is 0. The fourth-order valence-corrected chi connectivity index (χ4v) is 2.59. The lowest BCUT2D eigenvalue weighted by Crippen LogP contribution is -2.14. The molecular weight excluding hydrogens is 354 g/mol. The Kier molecular flexibility index (Phi) is 5.96. The van der Waals surface area contributed by atoms with Crippen molar-refractivity contribution in [1.82, 2.24) is 9.97 Å². The van der Waals surface area contributed by atoms with Gasteiger partial charge >= 0.3 is 0 Å². The minimum atomic E-state index is -0.356. The smallest absolute Gasteiger partial charge is 0.275 e. The van der Waals surface area contributed by atoms with Crippen molar-refractivity contribution in [3.63, 3.8) is 0 Å². The molecule has 0 spiro atoms. The Bertz CT molecular complexity index is 969. The summed E-state index contributed by atoms with van der Waals surface area (Å²) in [6.07, 6.45) is 2.96. The highest BCUT2D eigenvalue weighted by atomic mass is 16.2. The van der Waals surface area contributed by atoms with Gasteiger partial charge in [-0.2, -0.15) is 0 Å². The SMILES string of the molecule is CC(=O)Nc1ccc(NC(=O)c2cnc(NCc3cccc(C)c3)cn2)cc1. The summed E-state index contributed by atoms with van der Waals surface area (Å²) in [5.74, 6) is 0.0888. The molecule has 0 radical (unpaired) electrons. The van der Waals surface area contributed by atoms with E-state index >= 15 is 0 Å². The Labute approximate surface area is 163 Å². The van der Waals surface area contributed by atoms with Crippen molar-refractivity contribution < 1.29 is 9.59 Å². The van der Waals surface area contributed by atoms with Crippen LogP contribution in [0.25, 0.3) is 0 Å². The zero-order valence-electron chi connectivity index (χ0n) is 15.7. The summed E-state index contributed by atoms with van der Waals surface area (Å²) < 4.78 is 0. The number of benzene rings is 2. The van der Waals surface area contributed by atoms with Crippen LogP contribution >= 0.6 is 0 Å². The van der Waals surface area contributed by atoms with Crippen molar-refractivity contribution in [3.05, 3.63) is 77.7 Å². The Morgan fingerprint density at radius 1 is 0.929 bits per heavy atom. The number of nitrogens with zero attached hydrogens (tertiary/aromatic N) is 2. The van der Waals surface area contributed by atoms with E-state index in [-0.39, 0.29) is 17.5 Å². The minimum absolute atomic E-state index is 0.150. The summed E-state index contributed by atoms with van der Waals surface area (Å²) in [6.45, 7) is 4.11. The number of carbonyl (C=O) groups is 2. The van der Waals surface area contributed by atoms with E-state index < -0.39 is 0 Å². The third kappa shape index (κ3) is 5.38. The Morgan fingerprint density at radius 2 is 1.64 bits per heavy atom. The molecule has 2 aromatic carbocycles. The molecule has 1 heterocycles. The molecule has 2 amide bonds. The van der Waals surface area contributed by atoms with Crippen LogP contribution in [0.15, 0.2) is 60.9 Å². The first kappa shape index (κ1) is 19.0. The predicted molar refractivity (Wildman–Crippen MR) is 109 cm³/mol. The normalized spacial score (nSPS) is 10.2. The van der Waals surface area contributed by atoms with Gasteiger partial charge in [0.15, 0.2) is 0 Å². The van der Waals surface area contributed by atoms with Crippen LogP contribution in [-0.4, -0.2) is 21.8 Å². The van der Waals surface area contributed by atoms with Crippen LogP contribution in [0, 0.1) is 6.92 Å². The zero-order chi connectivity index (χ0) is 19.9. The van der Waals surface area contributed by atoms with Crippen molar-refractivity contribution in [2.24, 2.45) is 0 Å². The lowest BCUT2D eigenvalue weighted by molar-refractivity contribution is -0.114. The number of aromatic nitrogens is 2. The van der Waals surface area contributed by atoms with Crippen molar-refractivity contribution in [2.45, 2.75) is 20.4 Å². The molecular formula is C21H21N5O2. The Balaban J connectivity index is 1.56. The van der Waals surface area contributed by atoms with E-state index in [9.17, 15) is 9.59 Å². The predicted octanol–water partition coefficient (Wildman–Crippen LogP) is 3.61. The maximum Gasteiger partial charge on any atom is 0.275 e. The third-order valence-electron chi connectivity index (χ3n) is 3.90. The standard InChI is InChI=1S/C21H21N5O2/c1-14-4-3-5-16(10-14)11-23-20-13-22-19(12-24-20)21(28)26-18-8-6-17(7-9-18)25-15(2)27/h3-10,12-13H,11H2,1-2H3,(H,23,24)(H,25,27)(H,26,28). The van der Waals surface area contributed by atoms with Crippen molar-refractivity contribution in [1.29, 1.82) is 0 Å². The fourth-order valence-electron chi connectivity index (χ4n) is 2.59. The molecule has 28 heavy (non-hydrogen) atoms. The molecule has 0 unspecified atom stereocenters. The van der Waals surface area contributed by atoms with Gasteiger partial charge in [0.05, 0.1) is 12.4 Å². The maximum absolute atomic E-state index is 12.3. The van der Waals surface area contributed by atoms with Crippen LogP contribution in [0.5, 0.6) is 0 Å². The van der Waals surface area contributed by atoms with Crippen LogP contribution in [0.4, 0.5) is 17.2 Å². The van der Waals surface area contributed by atoms with E-state index in [1.807, 2.05) is 25.1 Å². The number of nitrogens with one attached hydrogen (secondary N) is 3. The van der Waals surface area contributed by atoms with E-state index in [0.29, 0.717) is 23.7 Å². The monoisotopic (exact) mass is 375 g/mol. The highest BCUT2D eigenvalue weighted by Crippen LogP contribution is 2.14. The van der Waals surface area contributed by atoms with E-state index in [1.165, 1.54) is 24.9 Å². The lowest BCUT2D eigenvalue weighted by atomic mass is 10.1. The number of carbonyl (C=O) groups excluding carboxylic acids is 2. The number of hydrogen-bond acceptors (Lipinski definition) is 5. The van der Waals surface area contributed by atoms with E-state index in [0.717, 1.165) is 5.56 Å². The molecule has 0 saturated heterocycles. The van der Waals surface area contributed by atoms with Crippen molar-refractivity contribution in [3.8, 4) is 0 Å². The summed E-state index contributed by atoms with van der Waals surface area (Å²) in [6, 6.07) is 15.0. The number of rotatable bonds is 6. The molecule has 0 atom stereocenters. The average Bonchev–Trinajstić information content (AvgIpc) is 2.68. The molecule has 0 saturated carbocycles. The first-order chi connectivity index (χ1) is 13.5. The Hall–Kier alpha value is -3.74. The second-order valence-electron chi connectivity index (χ2n) is 6.34. The van der Waals surface area contributed by atoms with E-state index in [4.69, 9.17) is 0 Å². The van der Waals surface area contributed by atoms with Gasteiger partial charge < -0.3 is 16.0 Å². The fraction of sp³-hybridized carbons (Fsp3) is 0.143. The number of aryl methyl sites for hydroxylation is 1. The van der Waals surface area contributed by atoms with Crippen LogP contribution in [0.1, 0.15) is 28.5 Å². The van der Waals surface area contributed by atoms with Gasteiger partial charge in [-0.3, -0.25) is 9.59 Å². The number of anilines is 3. The average molecular weight is 375 g/mol. The zero-order valence-corrected chi connectivity index (χ0v) is 15.7. The van der Waals surface area contributed by atoms with Gasteiger partial charge in [0.25, 0.3) is 5.91 Å². The molecule has 3 N–H and O–H groups in total. The molecule has 0 aliphatic rings. The van der Waals surface area contributed by atoms with Gasteiger partial charge in [-0.15, -0.1) is 0 Å². The molecule has 1 aromatic heterocycles. The molecule has 0 fully saturated rings. The topological polar surface area (TPSA) is 96.0 Å². The van der Waals surface area contributed by atoms with Gasteiger partial charge in [0, 0.05) is 24.8 Å². The van der Waals surface area contributed by atoms with Crippen LogP contribution in [0.3, 0.4) is 0 Å². The van der Waals surface area contributed by atoms with E-state index in [1.54, 1.807) is 24.3 Å². The molecule has 7 nitrogen and oxygen atoms in total.